The highest BCUT2D eigenvalue weighted by Crippen LogP contribution is 2.31. The lowest BCUT2D eigenvalue weighted by Gasteiger charge is -2.08. The number of hydrogen-bond acceptors (Lipinski definition) is 6. The topological polar surface area (TPSA) is 99.5 Å². The van der Waals surface area contributed by atoms with Gasteiger partial charge in [0, 0.05) is 10.9 Å². The smallest absolute Gasteiger partial charge is 0.241 e. The Morgan fingerprint density at radius 3 is 2.62 bits per heavy atom. The van der Waals surface area contributed by atoms with Crippen LogP contribution in [0.1, 0.15) is 10.6 Å². The molecule has 6 nitrogen and oxygen atoms in total. The van der Waals surface area contributed by atoms with Gasteiger partial charge < -0.3 is 10.2 Å². The Hall–Kier alpha value is -2.49. The maximum Gasteiger partial charge on any atom is 0.241 e. The molecule has 0 saturated carbocycles. The first kappa shape index (κ1) is 18.3. The quantitative estimate of drug-likeness (QED) is 0.578. The number of sulfonamides is 1. The average Bonchev–Trinajstić information content (AvgIpc) is 3.04. The number of aryl methyl sites for hydroxylation is 1. The number of phenolic OH excluding ortho intramolecular Hbond substituents is 2. The van der Waals surface area contributed by atoms with Crippen molar-refractivity contribution in [2.24, 2.45) is 0 Å². The highest BCUT2D eigenvalue weighted by Gasteiger charge is 2.18. The molecular weight excluding hydrogens is 379 g/mol. The van der Waals surface area contributed by atoms with Gasteiger partial charge in [-0.25, -0.2) is 22.5 Å². The van der Waals surface area contributed by atoms with E-state index in [1.54, 1.807) is 11.4 Å². The second-order valence-electron chi connectivity index (χ2n) is 5.56. The van der Waals surface area contributed by atoms with Crippen molar-refractivity contribution in [2.75, 3.05) is 0 Å². The second kappa shape index (κ2) is 7.02. The van der Waals surface area contributed by atoms with Crippen LogP contribution < -0.4 is 4.72 Å². The summed E-state index contributed by atoms with van der Waals surface area (Å²) in [5, 5.41) is 21.2. The molecule has 0 atom stereocenters. The Balaban J connectivity index is 1.76. The Morgan fingerprint density at radius 1 is 1.15 bits per heavy atom. The fourth-order valence-electron chi connectivity index (χ4n) is 2.36. The molecule has 3 rings (SSSR count). The Bertz CT molecular complexity index is 1060. The number of benzene rings is 2. The van der Waals surface area contributed by atoms with Crippen LogP contribution in [0.25, 0.3) is 11.3 Å². The minimum atomic E-state index is -3.80. The summed E-state index contributed by atoms with van der Waals surface area (Å²) in [4.78, 5) is 4.34. The maximum absolute atomic E-state index is 13.1. The molecule has 0 aliphatic heterocycles. The van der Waals surface area contributed by atoms with E-state index in [0.29, 0.717) is 21.8 Å². The molecule has 1 aromatic heterocycles. The van der Waals surface area contributed by atoms with Gasteiger partial charge >= 0.3 is 0 Å². The van der Waals surface area contributed by atoms with E-state index in [1.807, 2.05) is 0 Å². The van der Waals surface area contributed by atoms with Crippen molar-refractivity contribution in [1.82, 2.24) is 9.71 Å². The van der Waals surface area contributed by atoms with Crippen molar-refractivity contribution in [3.05, 3.63) is 58.2 Å². The second-order valence-corrected chi connectivity index (χ2v) is 8.24. The zero-order valence-electron chi connectivity index (χ0n) is 13.6. The molecule has 0 aliphatic carbocycles. The summed E-state index contributed by atoms with van der Waals surface area (Å²) in [6.07, 6.45) is 0. The first-order valence-electron chi connectivity index (χ1n) is 7.49. The fourth-order valence-corrected chi connectivity index (χ4v) is 4.40. The number of aromatic hydroxyl groups is 2. The van der Waals surface area contributed by atoms with E-state index in [-0.39, 0.29) is 22.9 Å². The standard InChI is InChI=1S/C17H15FN2O4S2/c1-10-6-12(18)3-5-16(10)26(23,24)19-8-17-20-13(9-25-17)11-2-4-14(21)15(22)7-11/h2-7,9,19,21-22H,8H2,1H3. The summed E-state index contributed by atoms with van der Waals surface area (Å²) in [5.41, 5.74) is 1.47. The third kappa shape index (κ3) is 3.85. The number of nitrogens with zero attached hydrogens (tertiary/aromatic N) is 1. The number of thiazole rings is 1. The van der Waals surface area contributed by atoms with Gasteiger partial charge in [0.05, 0.1) is 17.1 Å². The minimum absolute atomic E-state index is 0.0131. The summed E-state index contributed by atoms with van der Waals surface area (Å²) < 4.78 is 40.4. The number of phenols is 2. The van der Waals surface area contributed by atoms with Gasteiger partial charge in [-0.3, -0.25) is 0 Å². The Labute approximate surface area is 153 Å². The van der Waals surface area contributed by atoms with Gasteiger partial charge in [-0.1, -0.05) is 0 Å². The Morgan fingerprint density at radius 2 is 1.92 bits per heavy atom. The molecule has 0 radical (unpaired) electrons. The van der Waals surface area contributed by atoms with E-state index in [4.69, 9.17) is 0 Å². The summed E-state index contributed by atoms with van der Waals surface area (Å²) >= 11 is 1.25. The van der Waals surface area contributed by atoms with Crippen LogP contribution in [0, 0.1) is 12.7 Å². The Kier molecular flexibility index (Phi) is 4.94. The zero-order valence-corrected chi connectivity index (χ0v) is 15.2. The monoisotopic (exact) mass is 394 g/mol. The number of halogens is 1. The summed E-state index contributed by atoms with van der Waals surface area (Å²) in [6, 6.07) is 7.80. The maximum atomic E-state index is 13.1. The molecule has 2 aromatic carbocycles. The fraction of sp³-hybridized carbons (Fsp3) is 0.118. The predicted octanol–water partition coefficient (Wildman–Crippen LogP) is 3.15. The number of aromatic nitrogens is 1. The minimum Gasteiger partial charge on any atom is -0.504 e. The molecule has 3 N–H and O–H groups in total. The lowest BCUT2D eigenvalue weighted by Crippen LogP contribution is -2.24. The molecule has 0 spiro atoms. The zero-order chi connectivity index (χ0) is 18.9. The van der Waals surface area contributed by atoms with Crippen LogP contribution in [0.4, 0.5) is 4.39 Å². The van der Waals surface area contributed by atoms with E-state index in [2.05, 4.69) is 9.71 Å². The number of rotatable bonds is 5. The highest BCUT2D eigenvalue weighted by molar-refractivity contribution is 7.89. The number of hydrogen-bond donors (Lipinski definition) is 3. The van der Waals surface area contributed by atoms with Crippen molar-refractivity contribution >= 4 is 21.4 Å². The van der Waals surface area contributed by atoms with Gasteiger partial charge in [-0.2, -0.15) is 0 Å². The molecule has 0 amide bonds. The molecule has 0 unspecified atom stereocenters. The van der Waals surface area contributed by atoms with Gasteiger partial charge in [-0.15, -0.1) is 11.3 Å². The first-order valence-corrected chi connectivity index (χ1v) is 9.85. The van der Waals surface area contributed by atoms with Crippen molar-refractivity contribution in [1.29, 1.82) is 0 Å². The summed E-state index contributed by atoms with van der Waals surface area (Å²) in [7, 11) is -3.80. The molecule has 3 aromatic rings. The van der Waals surface area contributed by atoms with Gasteiger partial charge in [0.15, 0.2) is 11.5 Å². The van der Waals surface area contributed by atoms with Gasteiger partial charge in [0.1, 0.15) is 10.8 Å². The van der Waals surface area contributed by atoms with Crippen LogP contribution in [0.5, 0.6) is 11.5 Å². The molecular formula is C17H15FN2O4S2. The van der Waals surface area contributed by atoms with Crippen LogP contribution >= 0.6 is 11.3 Å². The van der Waals surface area contributed by atoms with Gasteiger partial charge in [0.2, 0.25) is 10.0 Å². The highest BCUT2D eigenvalue weighted by atomic mass is 32.2. The van der Waals surface area contributed by atoms with Crippen LogP contribution in [-0.2, 0) is 16.6 Å². The summed E-state index contributed by atoms with van der Waals surface area (Å²) in [6.45, 7) is 1.50. The van der Waals surface area contributed by atoms with E-state index in [9.17, 15) is 23.0 Å². The molecule has 0 saturated heterocycles. The third-order valence-electron chi connectivity index (χ3n) is 3.66. The SMILES string of the molecule is Cc1cc(F)ccc1S(=O)(=O)NCc1nc(-c2ccc(O)c(O)c2)cs1. The molecule has 136 valence electrons. The molecule has 26 heavy (non-hydrogen) atoms. The van der Waals surface area contributed by atoms with Gasteiger partial charge in [0.25, 0.3) is 0 Å². The number of nitrogens with one attached hydrogen (secondary N) is 1. The molecule has 0 fully saturated rings. The van der Waals surface area contributed by atoms with E-state index >= 15 is 0 Å². The van der Waals surface area contributed by atoms with Crippen LogP contribution in [0.2, 0.25) is 0 Å². The molecule has 1 heterocycles. The lowest BCUT2D eigenvalue weighted by molar-refractivity contribution is 0.404. The first-order chi connectivity index (χ1) is 12.3. The van der Waals surface area contributed by atoms with Crippen molar-refractivity contribution in [2.45, 2.75) is 18.4 Å². The summed E-state index contributed by atoms with van der Waals surface area (Å²) in [5.74, 6) is -0.987. The molecule has 9 heteroatoms. The van der Waals surface area contributed by atoms with Gasteiger partial charge in [-0.05, 0) is 48.9 Å². The van der Waals surface area contributed by atoms with Crippen LogP contribution in [0.15, 0.2) is 46.7 Å². The third-order valence-corrected chi connectivity index (χ3v) is 6.07. The van der Waals surface area contributed by atoms with E-state index in [1.165, 1.54) is 36.5 Å². The van der Waals surface area contributed by atoms with E-state index < -0.39 is 15.8 Å². The van der Waals surface area contributed by atoms with E-state index in [0.717, 1.165) is 12.1 Å². The largest absolute Gasteiger partial charge is 0.504 e. The van der Waals surface area contributed by atoms with Crippen molar-refractivity contribution in [3.8, 4) is 22.8 Å². The average molecular weight is 394 g/mol. The normalized spacial score (nSPS) is 11.6. The predicted molar refractivity (Wildman–Crippen MR) is 96.0 cm³/mol. The van der Waals surface area contributed by atoms with Crippen molar-refractivity contribution in [3.63, 3.8) is 0 Å². The lowest BCUT2D eigenvalue weighted by atomic mass is 10.1. The molecule has 0 aliphatic rings. The van der Waals surface area contributed by atoms with Crippen molar-refractivity contribution < 1.29 is 23.0 Å². The van der Waals surface area contributed by atoms with Crippen LogP contribution in [-0.4, -0.2) is 23.6 Å². The van der Waals surface area contributed by atoms with Crippen LogP contribution in [0.3, 0.4) is 0 Å². The molecule has 0 bridgehead atoms.